The number of aliphatic carboxylic acids is 1. The molecule has 1 atom stereocenters. The van der Waals surface area contributed by atoms with Crippen LogP contribution in [0, 0.1) is 5.92 Å². The van der Waals surface area contributed by atoms with Crippen molar-refractivity contribution in [3.63, 3.8) is 0 Å². The number of carbonyl (C=O) groups is 2. The van der Waals surface area contributed by atoms with Gasteiger partial charge >= 0.3 is 5.97 Å². The fourth-order valence-electron chi connectivity index (χ4n) is 3.06. The average molecular weight is 291 g/mol. The zero-order valence-corrected chi connectivity index (χ0v) is 11.9. The summed E-state index contributed by atoms with van der Waals surface area (Å²) >= 11 is 0. The van der Waals surface area contributed by atoms with Crippen LogP contribution < -0.4 is 5.32 Å². The molecular formula is C16H21NO4. The number of carboxylic acids is 1. The second-order valence-electron chi connectivity index (χ2n) is 5.54. The SMILES string of the molecule is O=C(O)CNC(=O)C(O)(c1ccccc1)C1CCCCC1. The number of carboxylic acid groups (broad SMARTS) is 1. The highest BCUT2D eigenvalue weighted by Crippen LogP contribution is 2.39. The van der Waals surface area contributed by atoms with Gasteiger partial charge in [-0.1, -0.05) is 49.6 Å². The van der Waals surface area contributed by atoms with Crippen LogP contribution in [0.5, 0.6) is 0 Å². The van der Waals surface area contributed by atoms with Crippen LogP contribution in [0.3, 0.4) is 0 Å². The van der Waals surface area contributed by atoms with Gasteiger partial charge in [-0.05, 0) is 18.4 Å². The summed E-state index contributed by atoms with van der Waals surface area (Å²) in [6, 6.07) is 8.80. The molecule has 0 spiro atoms. The average Bonchev–Trinajstić information content (AvgIpc) is 2.53. The largest absolute Gasteiger partial charge is 0.480 e. The molecular weight excluding hydrogens is 270 g/mol. The van der Waals surface area contributed by atoms with Crippen LogP contribution in [-0.2, 0) is 15.2 Å². The smallest absolute Gasteiger partial charge is 0.322 e. The molecule has 0 saturated heterocycles. The van der Waals surface area contributed by atoms with E-state index in [-0.39, 0.29) is 5.92 Å². The topological polar surface area (TPSA) is 86.6 Å². The number of nitrogens with one attached hydrogen (secondary N) is 1. The number of carbonyl (C=O) groups excluding carboxylic acids is 1. The number of aliphatic hydroxyl groups is 1. The first-order valence-electron chi connectivity index (χ1n) is 7.33. The van der Waals surface area contributed by atoms with Crippen molar-refractivity contribution in [1.29, 1.82) is 0 Å². The monoisotopic (exact) mass is 291 g/mol. The van der Waals surface area contributed by atoms with Crippen molar-refractivity contribution in [3.05, 3.63) is 35.9 Å². The predicted molar refractivity (Wildman–Crippen MR) is 77.6 cm³/mol. The van der Waals surface area contributed by atoms with E-state index in [1.54, 1.807) is 24.3 Å². The molecule has 1 saturated carbocycles. The lowest BCUT2D eigenvalue weighted by Crippen LogP contribution is -2.51. The third-order valence-electron chi connectivity index (χ3n) is 4.16. The van der Waals surface area contributed by atoms with Crippen LogP contribution >= 0.6 is 0 Å². The summed E-state index contributed by atoms with van der Waals surface area (Å²) in [5.74, 6) is -1.92. The second-order valence-corrected chi connectivity index (χ2v) is 5.54. The summed E-state index contributed by atoms with van der Waals surface area (Å²) in [6.45, 7) is -0.485. The number of benzene rings is 1. The molecule has 0 heterocycles. The Balaban J connectivity index is 2.29. The molecule has 1 unspecified atom stereocenters. The molecule has 1 fully saturated rings. The van der Waals surface area contributed by atoms with Crippen LogP contribution in [0.1, 0.15) is 37.7 Å². The molecule has 3 N–H and O–H groups in total. The van der Waals surface area contributed by atoms with Crippen molar-refractivity contribution in [2.75, 3.05) is 6.54 Å². The molecule has 5 nitrogen and oxygen atoms in total. The lowest BCUT2D eigenvalue weighted by Gasteiger charge is -2.37. The van der Waals surface area contributed by atoms with Gasteiger partial charge in [0.2, 0.25) is 0 Å². The fraction of sp³-hybridized carbons (Fsp3) is 0.500. The molecule has 0 aliphatic heterocycles. The summed E-state index contributed by atoms with van der Waals surface area (Å²) in [5.41, 5.74) is -1.13. The minimum absolute atomic E-state index is 0.178. The number of hydrogen-bond acceptors (Lipinski definition) is 3. The minimum atomic E-state index is -1.66. The Kier molecular flexibility index (Phi) is 4.96. The van der Waals surface area contributed by atoms with Gasteiger partial charge in [-0.25, -0.2) is 0 Å². The van der Waals surface area contributed by atoms with Crippen molar-refractivity contribution in [1.82, 2.24) is 5.32 Å². The van der Waals surface area contributed by atoms with Crippen LogP contribution in [0.25, 0.3) is 0 Å². The highest BCUT2D eigenvalue weighted by atomic mass is 16.4. The van der Waals surface area contributed by atoms with Gasteiger partial charge in [0.25, 0.3) is 5.91 Å². The maximum atomic E-state index is 12.4. The number of amides is 1. The van der Waals surface area contributed by atoms with E-state index < -0.39 is 24.0 Å². The minimum Gasteiger partial charge on any atom is -0.480 e. The van der Waals surface area contributed by atoms with Gasteiger partial charge < -0.3 is 15.5 Å². The van der Waals surface area contributed by atoms with Gasteiger partial charge in [-0.2, -0.15) is 0 Å². The summed E-state index contributed by atoms with van der Waals surface area (Å²) in [6.07, 6.45) is 4.61. The van der Waals surface area contributed by atoms with Crippen molar-refractivity contribution >= 4 is 11.9 Å². The zero-order chi connectivity index (χ0) is 15.3. The Hall–Kier alpha value is -1.88. The van der Waals surface area contributed by atoms with E-state index in [1.165, 1.54) is 0 Å². The molecule has 1 aromatic rings. The lowest BCUT2D eigenvalue weighted by atomic mass is 9.73. The molecule has 2 rings (SSSR count). The Morgan fingerprint density at radius 2 is 1.76 bits per heavy atom. The van der Waals surface area contributed by atoms with Crippen LogP contribution in [-0.4, -0.2) is 28.6 Å². The summed E-state index contributed by atoms with van der Waals surface area (Å²) < 4.78 is 0. The molecule has 0 radical (unpaired) electrons. The standard InChI is InChI=1S/C16H21NO4/c18-14(19)11-17-15(20)16(21,12-7-3-1-4-8-12)13-9-5-2-6-10-13/h1,3-4,7-8,13,21H,2,5-6,9-11H2,(H,17,20)(H,18,19). The van der Waals surface area contributed by atoms with Gasteiger partial charge in [0.1, 0.15) is 6.54 Å². The fourth-order valence-corrected chi connectivity index (χ4v) is 3.06. The van der Waals surface area contributed by atoms with Crippen molar-refractivity contribution in [3.8, 4) is 0 Å². The first kappa shape index (κ1) is 15.5. The molecule has 0 aromatic heterocycles. The molecule has 5 heteroatoms. The Morgan fingerprint density at radius 3 is 2.33 bits per heavy atom. The third-order valence-corrected chi connectivity index (χ3v) is 4.16. The van der Waals surface area contributed by atoms with Crippen molar-refractivity contribution in [2.45, 2.75) is 37.7 Å². The van der Waals surface area contributed by atoms with Crippen molar-refractivity contribution in [2.24, 2.45) is 5.92 Å². The van der Waals surface area contributed by atoms with E-state index >= 15 is 0 Å². The van der Waals surface area contributed by atoms with E-state index in [0.717, 1.165) is 32.1 Å². The molecule has 1 aliphatic carbocycles. The molecule has 1 aromatic carbocycles. The first-order valence-corrected chi connectivity index (χ1v) is 7.33. The van der Waals surface area contributed by atoms with Gasteiger partial charge in [-0.15, -0.1) is 0 Å². The normalized spacial score (nSPS) is 18.7. The Labute approximate surface area is 124 Å². The van der Waals surface area contributed by atoms with Gasteiger partial charge in [0.15, 0.2) is 5.60 Å². The highest BCUT2D eigenvalue weighted by molar-refractivity contribution is 5.89. The van der Waals surface area contributed by atoms with E-state index in [1.807, 2.05) is 6.07 Å². The van der Waals surface area contributed by atoms with Gasteiger partial charge in [-0.3, -0.25) is 9.59 Å². The van der Waals surface area contributed by atoms with Crippen LogP contribution in [0.4, 0.5) is 0 Å². The van der Waals surface area contributed by atoms with E-state index in [9.17, 15) is 14.7 Å². The Morgan fingerprint density at radius 1 is 1.14 bits per heavy atom. The van der Waals surface area contributed by atoms with Crippen LogP contribution in [0.15, 0.2) is 30.3 Å². The third kappa shape index (κ3) is 3.42. The Bertz CT molecular complexity index is 496. The quantitative estimate of drug-likeness (QED) is 0.770. The zero-order valence-electron chi connectivity index (χ0n) is 11.9. The molecule has 21 heavy (non-hydrogen) atoms. The van der Waals surface area contributed by atoms with Crippen LogP contribution in [0.2, 0.25) is 0 Å². The van der Waals surface area contributed by atoms with E-state index in [4.69, 9.17) is 5.11 Å². The summed E-state index contributed by atoms with van der Waals surface area (Å²) in [4.78, 5) is 23.1. The lowest BCUT2D eigenvalue weighted by molar-refractivity contribution is -0.151. The predicted octanol–water partition coefficient (Wildman–Crippen LogP) is 1.66. The molecule has 1 amide bonds. The van der Waals surface area contributed by atoms with E-state index in [0.29, 0.717) is 5.56 Å². The van der Waals surface area contributed by atoms with Gasteiger partial charge in [0, 0.05) is 5.92 Å². The summed E-state index contributed by atoms with van der Waals surface area (Å²) in [5, 5.41) is 22.1. The molecule has 1 aliphatic rings. The second kappa shape index (κ2) is 6.72. The maximum absolute atomic E-state index is 12.4. The first-order chi connectivity index (χ1) is 10.0. The van der Waals surface area contributed by atoms with Gasteiger partial charge in [0.05, 0.1) is 0 Å². The number of hydrogen-bond donors (Lipinski definition) is 3. The maximum Gasteiger partial charge on any atom is 0.322 e. The summed E-state index contributed by atoms with van der Waals surface area (Å²) in [7, 11) is 0. The van der Waals surface area contributed by atoms with Crippen molar-refractivity contribution < 1.29 is 19.8 Å². The van der Waals surface area contributed by atoms with E-state index in [2.05, 4.69) is 5.32 Å². The molecule has 0 bridgehead atoms. The highest BCUT2D eigenvalue weighted by Gasteiger charge is 2.45. The molecule has 114 valence electrons. The number of rotatable bonds is 5.